The van der Waals surface area contributed by atoms with E-state index in [9.17, 15) is 14.7 Å². The number of thiol groups is 1. The van der Waals surface area contributed by atoms with Crippen LogP contribution in [0.5, 0.6) is 5.75 Å². The number of amides is 1. The molecule has 2 rings (SSSR count). The van der Waals surface area contributed by atoms with E-state index in [2.05, 4.69) is 17.9 Å². The van der Waals surface area contributed by atoms with Gasteiger partial charge >= 0.3 is 12.1 Å². The maximum atomic E-state index is 12.5. The summed E-state index contributed by atoms with van der Waals surface area (Å²) in [6.45, 7) is 6.01. The standard InChI is InChI=1S/C22H27NO5S/c1-15-4-8-17(9-5-15)23-21(26)28-20(16-6-10-18(24)11-7-16)22(2,3)12-13-27-19(25)14-29/h4-11,20,24,29H,12-14H2,1-3H3,(H,23,26)/t20-/m0/s1. The third-order valence-corrected chi connectivity index (χ3v) is 4.83. The van der Waals surface area contributed by atoms with E-state index in [0.717, 1.165) is 11.1 Å². The van der Waals surface area contributed by atoms with E-state index in [-0.39, 0.29) is 18.1 Å². The summed E-state index contributed by atoms with van der Waals surface area (Å²) in [7, 11) is 0. The average Bonchev–Trinajstić information content (AvgIpc) is 2.68. The molecule has 2 N–H and O–H groups in total. The third-order valence-electron chi connectivity index (χ3n) is 4.57. The van der Waals surface area contributed by atoms with Crippen molar-refractivity contribution in [3.05, 3.63) is 59.7 Å². The van der Waals surface area contributed by atoms with Crippen molar-refractivity contribution in [3.8, 4) is 5.75 Å². The van der Waals surface area contributed by atoms with Crippen molar-refractivity contribution >= 4 is 30.4 Å². The highest BCUT2D eigenvalue weighted by Crippen LogP contribution is 2.40. The molecule has 7 heteroatoms. The number of anilines is 1. The Bertz CT molecular complexity index is 818. The first-order valence-electron chi connectivity index (χ1n) is 9.31. The minimum absolute atomic E-state index is 0.0112. The van der Waals surface area contributed by atoms with Crippen molar-refractivity contribution in [3.63, 3.8) is 0 Å². The Hall–Kier alpha value is -2.67. The fraction of sp³-hybridized carbons (Fsp3) is 0.364. The van der Waals surface area contributed by atoms with Crippen LogP contribution in [0, 0.1) is 12.3 Å². The van der Waals surface area contributed by atoms with E-state index in [1.54, 1.807) is 36.4 Å². The number of aromatic hydroxyl groups is 1. The topological polar surface area (TPSA) is 84.9 Å². The number of ether oxygens (including phenoxy) is 2. The van der Waals surface area contributed by atoms with Crippen LogP contribution >= 0.6 is 12.6 Å². The quantitative estimate of drug-likeness (QED) is 0.421. The molecular weight excluding hydrogens is 390 g/mol. The molecule has 0 heterocycles. The van der Waals surface area contributed by atoms with Crippen LogP contribution in [0.2, 0.25) is 0 Å². The normalized spacial score (nSPS) is 12.1. The molecule has 2 aromatic rings. The van der Waals surface area contributed by atoms with Crippen molar-refractivity contribution in [2.45, 2.75) is 33.3 Å². The van der Waals surface area contributed by atoms with Gasteiger partial charge in [-0.05, 0) is 43.2 Å². The van der Waals surface area contributed by atoms with E-state index in [1.165, 1.54) is 0 Å². The summed E-state index contributed by atoms with van der Waals surface area (Å²) >= 11 is 3.89. The summed E-state index contributed by atoms with van der Waals surface area (Å²) in [5.74, 6) is -0.266. The second-order valence-corrected chi connectivity index (χ2v) is 7.80. The van der Waals surface area contributed by atoms with Crippen LogP contribution in [0.3, 0.4) is 0 Å². The number of rotatable bonds is 8. The van der Waals surface area contributed by atoms with Crippen molar-refractivity contribution in [2.24, 2.45) is 5.41 Å². The van der Waals surface area contributed by atoms with Gasteiger partial charge in [-0.3, -0.25) is 10.1 Å². The molecule has 0 radical (unpaired) electrons. The minimum Gasteiger partial charge on any atom is -0.508 e. The van der Waals surface area contributed by atoms with Crippen LogP contribution in [-0.2, 0) is 14.3 Å². The van der Waals surface area contributed by atoms with Crippen LogP contribution in [0.15, 0.2) is 48.5 Å². The predicted octanol–water partition coefficient (Wildman–Crippen LogP) is 4.88. The average molecular weight is 418 g/mol. The zero-order valence-electron chi connectivity index (χ0n) is 16.8. The Kier molecular flexibility index (Phi) is 7.96. The van der Waals surface area contributed by atoms with Gasteiger partial charge in [-0.15, -0.1) is 0 Å². The minimum atomic E-state index is -0.622. The molecule has 0 saturated carbocycles. The highest BCUT2D eigenvalue weighted by Gasteiger charge is 2.34. The van der Waals surface area contributed by atoms with E-state index in [1.807, 2.05) is 32.9 Å². The van der Waals surface area contributed by atoms with Gasteiger partial charge in [-0.25, -0.2) is 4.79 Å². The van der Waals surface area contributed by atoms with Gasteiger partial charge in [0.05, 0.1) is 12.4 Å². The number of phenols is 1. The Morgan fingerprint density at radius 3 is 2.31 bits per heavy atom. The number of carbonyl (C=O) groups is 2. The molecule has 0 aliphatic carbocycles. The molecular formula is C22H27NO5S. The van der Waals surface area contributed by atoms with Gasteiger partial charge in [0.2, 0.25) is 0 Å². The SMILES string of the molecule is Cc1ccc(NC(=O)O[C@@H](c2ccc(O)cc2)C(C)(C)CCOC(=O)CS)cc1. The largest absolute Gasteiger partial charge is 0.508 e. The molecule has 0 aromatic heterocycles. The van der Waals surface area contributed by atoms with Gasteiger partial charge in [-0.2, -0.15) is 12.6 Å². The number of carbonyl (C=O) groups excluding carboxylic acids is 2. The smallest absolute Gasteiger partial charge is 0.412 e. The van der Waals surface area contributed by atoms with Gasteiger partial charge in [-0.1, -0.05) is 43.7 Å². The van der Waals surface area contributed by atoms with E-state index in [4.69, 9.17) is 9.47 Å². The first-order valence-corrected chi connectivity index (χ1v) is 9.94. The summed E-state index contributed by atoms with van der Waals surface area (Å²) < 4.78 is 10.9. The zero-order chi connectivity index (χ0) is 21.4. The van der Waals surface area contributed by atoms with Crippen molar-refractivity contribution in [2.75, 3.05) is 17.7 Å². The summed E-state index contributed by atoms with van der Waals surface area (Å²) in [4.78, 5) is 23.9. The molecule has 0 aliphatic heterocycles. The molecule has 0 bridgehead atoms. The van der Waals surface area contributed by atoms with Crippen molar-refractivity contribution in [1.29, 1.82) is 0 Å². The number of aryl methyl sites for hydroxylation is 1. The van der Waals surface area contributed by atoms with Gasteiger partial charge < -0.3 is 14.6 Å². The Labute approximate surface area is 176 Å². The van der Waals surface area contributed by atoms with Gasteiger partial charge in [0, 0.05) is 11.1 Å². The first-order chi connectivity index (χ1) is 13.7. The van der Waals surface area contributed by atoms with Gasteiger partial charge in [0.1, 0.15) is 11.9 Å². The second-order valence-electron chi connectivity index (χ2n) is 7.49. The maximum Gasteiger partial charge on any atom is 0.412 e. The fourth-order valence-corrected chi connectivity index (χ4v) is 2.92. The summed E-state index contributed by atoms with van der Waals surface area (Å²) in [5, 5.41) is 12.3. The number of nitrogens with one attached hydrogen (secondary N) is 1. The second kappa shape index (κ2) is 10.2. The Morgan fingerprint density at radius 2 is 1.72 bits per heavy atom. The van der Waals surface area contributed by atoms with Crippen LogP contribution in [0.4, 0.5) is 10.5 Å². The first kappa shape index (κ1) is 22.6. The molecule has 0 spiro atoms. The molecule has 29 heavy (non-hydrogen) atoms. The van der Waals surface area contributed by atoms with E-state index < -0.39 is 23.6 Å². The molecule has 1 amide bonds. The number of phenolic OH excluding ortho intramolecular Hbond substituents is 1. The molecule has 6 nitrogen and oxygen atoms in total. The maximum absolute atomic E-state index is 12.5. The van der Waals surface area contributed by atoms with Crippen LogP contribution in [0.1, 0.15) is 37.5 Å². The van der Waals surface area contributed by atoms with Gasteiger partial charge in [0.25, 0.3) is 0 Å². The molecule has 1 atom stereocenters. The molecule has 0 fully saturated rings. The molecule has 156 valence electrons. The third kappa shape index (κ3) is 7.02. The van der Waals surface area contributed by atoms with E-state index in [0.29, 0.717) is 12.1 Å². The monoisotopic (exact) mass is 417 g/mol. The number of esters is 1. The molecule has 2 aromatic carbocycles. The van der Waals surface area contributed by atoms with Crippen LogP contribution < -0.4 is 5.32 Å². The number of hydrogen-bond donors (Lipinski definition) is 3. The Balaban J connectivity index is 2.15. The zero-order valence-corrected chi connectivity index (χ0v) is 17.7. The predicted molar refractivity (Wildman–Crippen MR) is 115 cm³/mol. The number of hydrogen-bond acceptors (Lipinski definition) is 6. The fourth-order valence-electron chi connectivity index (χ4n) is 2.82. The highest BCUT2D eigenvalue weighted by atomic mass is 32.1. The summed E-state index contributed by atoms with van der Waals surface area (Å²) in [6, 6.07) is 13.9. The van der Waals surface area contributed by atoms with Crippen molar-refractivity contribution in [1.82, 2.24) is 0 Å². The van der Waals surface area contributed by atoms with E-state index >= 15 is 0 Å². The lowest BCUT2D eigenvalue weighted by molar-refractivity contribution is -0.141. The Morgan fingerprint density at radius 1 is 1.10 bits per heavy atom. The molecule has 0 saturated heterocycles. The summed E-state index contributed by atoms with van der Waals surface area (Å²) in [5.41, 5.74) is 1.90. The summed E-state index contributed by atoms with van der Waals surface area (Å²) in [6.07, 6.45) is -0.744. The molecule has 0 unspecified atom stereocenters. The highest BCUT2D eigenvalue weighted by molar-refractivity contribution is 7.81. The van der Waals surface area contributed by atoms with Crippen molar-refractivity contribution < 1.29 is 24.2 Å². The lowest BCUT2D eigenvalue weighted by atomic mass is 9.80. The van der Waals surface area contributed by atoms with Gasteiger partial charge in [0.15, 0.2) is 0 Å². The van der Waals surface area contributed by atoms with Crippen LogP contribution in [0.25, 0.3) is 0 Å². The van der Waals surface area contributed by atoms with Crippen LogP contribution in [-0.4, -0.2) is 29.5 Å². The lowest BCUT2D eigenvalue weighted by Gasteiger charge is -2.34. The molecule has 0 aliphatic rings. The number of benzene rings is 2. The lowest BCUT2D eigenvalue weighted by Crippen LogP contribution is -2.30.